The van der Waals surface area contributed by atoms with E-state index in [2.05, 4.69) is 0 Å². The van der Waals surface area contributed by atoms with Gasteiger partial charge in [0.25, 0.3) is 0 Å². The van der Waals surface area contributed by atoms with Gasteiger partial charge in [0, 0.05) is 17.7 Å². The zero-order chi connectivity index (χ0) is 38.5. The Labute approximate surface area is 298 Å². The molecule has 4 heterocycles. The minimum absolute atomic E-state index is 0.118. The van der Waals surface area contributed by atoms with Gasteiger partial charge in [-0.1, -0.05) is 0 Å². The first kappa shape index (κ1) is 39.0. The third kappa shape index (κ3) is 7.39. The molecule has 0 aliphatic carbocycles. The fourth-order valence-corrected chi connectivity index (χ4v) is 6.36. The molecule has 53 heavy (non-hydrogen) atoms. The maximum Gasteiger partial charge on any atom is 0.239 e. The van der Waals surface area contributed by atoms with Crippen LogP contribution in [0.5, 0.6) is 23.0 Å². The molecular formula is C33H40O20. The molecular weight excluding hydrogens is 716 g/mol. The smallest absolute Gasteiger partial charge is 0.239 e. The second-order valence-electron chi connectivity index (χ2n) is 12.9. The molecule has 292 valence electrons. The summed E-state index contributed by atoms with van der Waals surface area (Å²) in [5, 5.41) is 124. The zero-order valence-electron chi connectivity index (χ0n) is 27.7. The highest BCUT2D eigenvalue weighted by Gasteiger charge is 2.54. The minimum atomic E-state index is -2.05. The lowest BCUT2D eigenvalue weighted by molar-refractivity contribution is -0.378. The van der Waals surface area contributed by atoms with Crippen LogP contribution in [0.1, 0.15) is 6.92 Å². The van der Waals surface area contributed by atoms with Gasteiger partial charge in [0.1, 0.15) is 89.3 Å². The Morgan fingerprint density at radius 2 is 1.23 bits per heavy atom. The lowest BCUT2D eigenvalue weighted by atomic mass is 9.96. The summed E-state index contributed by atoms with van der Waals surface area (Å²) in [6.45, 7) is -0.428. The van der Waals surface area contributed by atoms with Crippen LogP contribution in [0.4, 0.5) is 0 Å². The Morgan fingerprint density at radius 1 is 0.642 bits per heavy atom. The molecule has 0 radical (unpaired) electrons. The van der Waals surface area contributed by atoms with E-state index in [4.69, 9.17) is 32.8 Å². The van der Waals surface area contributed by atoms with E-state index in [0.29, 0.717) is 0 Å². The van der Waals surface area contributed by atoms with Crippen LogP contribution in [0.3, 0.4) is 0 Å². The van der Waals surface area contributed by atoms with Gasteiger partial charge in [-0.15, -0.1) is 0 Å². The summed E-state index contributed by atoms with van der Waals surface area (Å²) < 4.78 is 40.5. The molecule has 3 fully saturated rings. The van der Waals surface area contributed by atoms with Gasteiger partial charge in [0.2, 0.25) is 17.5 Å². The predicted molar refractivity (Wildman–Crippen MR) is 171 cm³/mol. The third-order valence-electron chi connectivity index (χ3n) is 9.32. The van der Waals surface area contributed by atoms with Crippen LogP contribution in [-0.4, -0.2) is 167 Å². The van der Waals surface area contributed by atoms with E-state index in [9.17, 15) is 66.1 Å². The lowest BCUT2D eigenvalue weighted by Crippen LogP contribution is -2.67. The molecule has 20 nitrogen and oxygen atoms in total. The Hall–Kier alpha value is -3.71. The van der Waals surface area contributed by atoms with Crippen molar-refractivity contribution < 1.29 is 94.1 Å². The highest BCUT2D eigenvalue weighted by atomic mass is 16.8. The Balaban J connectivity index is 1.42. The highest BCUT2D eigenvalue weighted by molar-refractivity contribution is 5.88. The second kappa shape index (κ2) is 15.6. The van der Waals surface area contributed by atoms with Crippen molar-refractivity contribution in [2.45, 2.75) is 99.0 Å². The molecule has 0 saturated carbocycles. The fourth-order valence-electron chi connectivity index (χ4n) is 6.36. The van der Waals surface area contributed by atoms with Crippen molar-refractivity contribution >= 4 is 11.0 Å². The predicted octanol–water partition coefficient (Wildman–Crippen LogP) is -3.57. The second-order valence-corrected chi connectivity index (χ2v) is 12.9. The molecule has 6 rings (SSSR count). The highest BCUT2D eigenvalue weighted by Crippen LogP contribution is 2.39. The number of phenols is 3. The molecule has 0 bridgehead atoms. The molecule has 12 N–H and O–H groups in total. The van der Waals surface area contributed by atoms with E-state index in [-0.39, 0.29) is 22.7 Å². The van der Waals surface area contributed by atoms with Gasteiger partial charge >= 0.3 is 0 Å². The van der Waals surface area contributed by atoms with Crippen molar-refractivity contribution in [1.82, 2.24) is 0 Å². The Morgan fingerprint density at radius 3 is 1.87 bits per heavy atom. The van der Waals surface area contributed by atoms with E-state index in [1.54, 1.807) is 0 Å². The van der Waals surface area contributed by atoms with Crippen molar-refractivity contribution in [3.05, 3.63) is 46.6 Å². The van der Waals surface area contributed by atoms with Gasteiger partial charge in [-0.05, 0) is 31.2 Å². The Kier molecular flexibility index (Phi) is 11.5. The molecule has 1 aromatic heterocycles. The van der Waals surface area contributed by atoms with Gasteiger partial charge in [-0.2, -0.15) is 0 Å². The van der Waals surface area contributed by atoms with E-state index < -0.39 is 133 Å². The zero-order valence-corrected chi connectivity index (χ0v) is 27.7. The fraction of sp³-hybridized carbons (Fsp3) is 0.545. The van der Waals surface area contributed by atoms with Crippen LogP contribution < -0.4 is 10.2 Å². The van der Waals surface area contributed by atoms with Crippen LogP contribution in [0.2, 0.25) is 0 Å². The number of benzene rings is 2. The van der Waals surface area contributed by atoms with Gasteiger partial charge in [-0.3, -0.25) is 4.79 Å². The van der Waals surface area contributed by atoms with Crippen molar-refractivity contribution in [3.8, 4) is 34.3 Å². The van der Waals surface area contributed by atoms with Crippen LogP contribution in [-0.2, 0) is 23.7 Å². The average Bonchev–Trinajstić information content (AvgIpc) is 3.12. The first-order valence-electron chi connectivity index (χ1n) is 16.4. The number of hydrogen-bond acceptors (Lipinski definition) is 20. The van der Waals surface area contributed by atoms with E-state index >= 15 is 0 Å². The first-order chi connectivity index (χ1) is 25.1. The molecule has 3 aliphatic rings. The number of hydrogen-bond donors (Lipinski definition) is 12. The molecule has 0 amide bonds. The number of aliphatic hydroxyl groups excluding tert-OH is 9. The lowest BCUT2D eigenvalue weighted by Gasteiger charge is -2.48. The standard InChI is InChI=1S/C33H40O20/c1-10-19(39)22(42)24(44)31(47-10)53-30-26(46)28(51-32-25(45)23(43)20(40)16(8-34)49-32)17(9-35)50-33(30)52-29-21(41)18-14(38)6-13(37)7-15(18)48-27(29)11-2-4-12(36)5-3-11/h2-7,10,16-17,19-20,22-26,28,30-40,42-46H,8-9H2,1H3/t10-,16-,17-,19+,20-,22-,23+,24+,25-,26+,28-,30-,31+,32+,33+/m1/s1. The Bertz CT molecular complexity index is 1780. The van der Waals surface area contributed by atoms with E-state index in [0.717, 1.165) is 12.1 Å². The first-order valence-corrected chi connectivity index (χ1v) is 16.4. The number of ether oxygens (including phenoxy) is 6. The van der Waals surface area contributed by atoms with E-state index in [1.165, 1.54) is 31.2 Å². The number of aliphatic hydroxyl groups is 9. The van der Waals surface area contributed by atoms with Crippen molar-refractivity contribution in [1.29, 1.82) is 0 Å². The van der Waals surface area contributed by atoms with Gasteiger partial charge in [0.15, 0.2) is 24.4 Å². The quantitative estimate of drug-likeness (QED) is 0.100. The molecule has 0 spiro atoms. The van der Waals surface area contributed by atoms with Crippen molar-refractivity contribution in [2.24, 2.45) is 0 Å². The molecule has 20 heteroatoms. The molecule has 2 aromatic carbocycles. The topological polar surface area (TPSA) is 328 Å². The maximum atomic E-state index is 14.0. The normalized spacial score (nSPS) is 37.8. The summed E-state index contributed by atoms with van der Waals surface area (Å²) in [5.74, 6) is -2.36. The number of rotatable bonds is 9. The summed E-state index contributed by atoms with van der Waals surface area (Å²) in [6, 6.07) is 7.08. The van der Waals surface area contributed by atoms with Crippen LogP contribution in [0.15, 0.2) is 45.6 Å². The summed E-state index contributed by atoms with van der Waals surface area (Å²) in [5.41, 5.74) is -1.21. The summed E-state index contributed by atoms with van der Waals surface area (Å²) in [7, 11) is 0. The average molecular weight is 757 g/mol. The summed E-state index contributed by atoms with van der Waals surface area (Å²) >= 11 is 0. The van der Waals surface area contributed by atoms with Crippen molar-refractivity contribution in [3.63, 3.8) is 0 Å². The molecule has 3 aliphatic heterocycles. The largest absolute Gasteiger partial charge is 0.508 e. The maximum absolute atomic E-state index is 14.0. The van der Waals surface area contributed by atoms with E-state index in [1.807, 2.05) is 0 Å². The van der Waals surface area contributed by atoms with Crippen LogP contribution in [0.25, 0.3) is 22.3 Å². The number of phenolic OH excluding ortho intramolecular Hbond substituents is 3. The van der Waals surface area contributed by atoms with Gasteiger partial charge in [-0.25, -0.2) is 0 Å². The SMILES string of the molecule is C[C@H]1O[C@@H](O[C@H]2[C@H](Oc3c(-c4ccc(O)cc4)oc4cc(O)cc(O)c4c3=O)O[C@H](CO)[C@@H](O[C@@H]3O[C@H](CO)[C@@H](O)[C@H](O)[C@H]3O)[C@@H]2O)[C@@H](O)[C@H](O)[C@H]1O. The summed E-state index contributed by atoms with van der Waals surface area (Å²) in [6.07, 6.45) is -26.6. The number of fused-ring (bicyclic) bond motifs is 1. The third-order valence-corrected chi connectivity index (χ3v) is 9.32. The van der Waals surface area contributed by atoms with Gasteiger partial charge < -0.3 is 94.1 Å². The van der Waals surface area contributed by atoms with Crippen LogP contribution >= 0.6 is 0 Å². The number of aromatic hydroxyl groups is 3. The van der Waals surface area contributed by atoms with Crippen LogP contribution in [0, 0.1) is 0 Å². The summed E-state index contributed by atoms with van der Waals surface area (Å²) in [4.78, 5) is 14.0. The molecule has 3 aromatic rings. The molecule has 0 unspecified atom stereocenters. The monoisotopic (exact) mass is 756 g/mol. The molecule has 3 saturated heterocycles. The van der Waals surface area contributed by atoms with Gasteiger partial charge in [0.05, 0.1) is 19.3 Å². The molecule has 15 atom stereocenters. The van der Waals surface area contributed by atoms with Crippen molar-refractivity contribution in [2.75, 3.05) is 13.2 Å². The minimum Gasteiger partial charge on any atom is -0.508 e.